The molecule has 21 heavy (non-hydrogen) atoms. The Hall–Kier alpha value is -1.85. The standard InChI is InChI=1S/C15H25N3O3/c1-7-17(8-2)12-9-13(19)18(16-10-12)11(3)14(20)21-15(4,5)6/h9-11H,7-8H2,1-6H3. The minimum absolute atomic E-state index is 0.308. The number of hydrogen-bond acceptors (Lipinski definition) is 5. The number of carbonyl (C=O) groups excluding carboxylic acids is 1. The van der Waals surface area contributed by atoms with Crippen molar-refractivity contribution in [2.75, 3.05) is 18.0 Å². The second kappa shape index (κ2) is 6.74. The monoisotopic (exact) mass is 295 g/mol. The molecule has 1 rings (SSSR count). The molecule has 6 nitrogen and oxygen atoms in total. The Labute approximate surface area is 125 Å². The van der Waals surface area contributed by atoms with Crippen molar-refractivity contribution in [1.29, 1.82) is 0 Å². The van der Waals surface area contributed by atoms with Gasteiger partial charge in [0.2, 0.25) is 0 Å². The van der Waals surface area contributed by atoms with Gasteiger partial charge < -0.3 is 9.64 Å². The minimum atomic E-state index is -0.748. The Morgan fingerprint density at radius 1 is 1.38 bits per heavy atom. The lowest BCUT2D eigenvalue weighted by Gasteiger charge is -2.23. The maximum absolute atomic E-state index is 12.2. The average molecular weight is 295 g/mol. The number of rotatable bonds is 5. The number of nitrogens with zero attached hydrogens (tertiary/aromatic N) is 3. The first-order valence-corrected chi connectivity index (χ1v) is 7.26. The summed E-state index contributed by atoms with van der Waals surface area (Å²) in [6.45, 7) is 12.6. The van der Waals surface area contributed by atoms with Crippen LogP contribution in [0, 0.1) is 0 Å². The van der Waals surface area contributed by atoms with Gasteiger partial charge in [0.15, 0.2) is 6.04 Å². The Kier molecular flexibility index (Phi) is 5.52. The van der Waals surface area contributed by atoms with Crippen molar-refractivity contribution in [3.05, 3.63) is 22.6 Å². The predicted molar refractivity (Wildman–Crippen MR) is 82.6 cm³/mol. The largest absolute Gasteiger partial charge is 0.458 e. The summed E-state index contributed by atoms with van der Waals surface area (Å²) in [5.41, 5.74) is -0.133. The van der Waals surface area contributed by atoms with Crippen LogP contribution < -0.4 is 10.5 Å². The smallest absolute Gasteiger partial charge is 0.331 e. The first kappa shape index (κ1) is 17.2. The van der Waals surface area contributed by atoms with Gasteiger partial charge in [-0.2, -0.15) is 5.10 Å². The van der Waals surface area contributed by atoms with Gasteiger partial charge >= 0.3 is 5.97 Å². The molecule has 0 spiro atoms. The molecule has 1 aromatic rings. The van der Waals surface area contributed by atoms with Crippen molar-refractivity contribution < 1.29 is 9.53 Å². The van der Waals surface area contributed by atoms with E-state index in [-0.39, 0.29) is 5.56 Å². The number of aromatic nitrogens is 2. The normalized spacial score (nSPS) is 12.9. The van der Waals surface area contributed by atoms with Crippen molar-refractivity contribution in [3.63, 3.8) is 0 Å². The number of esters is 1. The van der Waals surface area contributed by atoms with Crippen LogP contribution >= 0.6 is 0 Å². The van der Waals surface area contributed by atoms with Crippen LogP contribution in [-0.4, -0.2) is 34.4 Å². The second-order valence-electron chi connectivity index (χ2n) is 5.88. The molecule has 1 unspecified atom stereocenters. The molecule has 1 atom stereocenters. The highest BCUT2D eigenvalue weighted by molar-refractivity contribution is 5.74. The van der Waals surface area contributed by atoms with Crippen LogP contribution in [0.2, 0.25) is 0 Å². The molecule has 0 bridgehead atoms. The average Bonchev–Trinajstić information content (AvgIpc) is 2.37. The lowest BCUT2D eigenvalue weighted by Crippen LogP contribution is -2.35. The maximum atomic E-state index is 12.2. The van der Waals surface area contributed by atoms with E-state index in [0.29, 0.717) is 0 Å². The van der Waals surface area contributed by atoms with Crippen LogP contribution in [0.4, 0.5) is 5.69 Å². The molecule has 0 saturated carbocycles. The summed E-state index contributed by atoms with van der Waals surface area (Å²) in [6, 6.07) is 0.753. The molecule has 0 amide bonds. The first-order valence-electron chi connectivity index (χ1n) is 7.26. The number of hydrogen-bond donors (Lipinski definition) is 0. The fraction of sp³-hybridized carbons (Fsp3) is 0.667. The van der Waals surface area contributed by atoms with Crippen LogP contribution in [0.25, 0.3) is 0 Å². The number of carbonyl (C=O) groups is 1. The molecule has 1 aromatic heterocycles. The molecule has 0 N–H and O–H groups in total. The van der Waals surface area contributed by atoms with Gasteiger partial charge in [0.25, 0.3) is 5.56 Å². The minimum Gasteiger partial charge on any atom is -0.458 e. The van der Waals surface area contributed by atoms with Gasteiger partial charge in [-0.05, 0) is 41.5 Å². The first-order chi connectivity index (χ1) is 9.69. The maximum Gasteiger partial charge on any atom is 0.331 e. The number of anilines is 1. The van der Waals surface area contributed by atoms with E-state index in [1.54, 1.807) is 33.9 Å². The SMILES string of the molecule is CCN(CC)c1cnn(C(C)C(=O)OC(C)(C)C)c(=O)c1. The summed E-state index contributed by atoms with van der Waals surface area (Å²) in [4.78, 5) is 26.2. The summed E-state index contributed by atoms with van der Waals surface area (Å²) >= 11 is 0. The molecule has 0 aromatic carbocycles. The number of ether oxygens (including phenoxy) is 1. The summed E-state index contributed by atoms with van der Waals surface area (Å²) in [7, 11) is 0. The van der Waals surface area contributed by atoms with Crippen molar-refractivity contribution in [2.45, 2.75) is 53.2 Å². The molecule has 0 aliphatic carbocycles. The quantitative estimate of drug-likeness (QED) is 0.777. The van der Waals surface area contributed by atoms with E-state index in [1.165, 1.54) is 6.07 Å². The van der Waals surface area contributed by atoms with Crippen LogP contribution in [0.5, 0.6) is 0 Å². The zero-order chi connectivity index (χ0) is 16.2. The molecule has 0 radical (unpaired) electrons. The van der Waals surface area contributed by atoms with Gasteiger partial charge in [-0.3, -0.25) is 4.79 Å². The highest BCUT2D eigenvalue weighted by atomic mass is 16.6. The molecule has 0 saturated heterocycles. The Morgan fingerprint density at radius 2 is 1.95 bits per heavy atom. The summed E-state index contributed by atoms with van der Waals surface area (Å²) < 4.78 is 6.43. The van der Waals surface area contributed by atoms with Gasteiger partial charge in [0, 0.05) is 19.2 Å². The highest BCUT2D eigenvalue weighted by Gasteiger charge is 2.24. The van der Waals surface area contributed by atoms with Gasteiger partial charge in [-0.1, -0.05) is 0 Å². The van der Waals surface area contributed by atoms with Gasteiger partial charge in [-0.25, -0.2) is 9.48 Å². The Balaban J connectivity index is 3.00. The zero-order valence-corrected chi connectivity index (χ0v) is 13.7. The van der Waals surface area contributed by atoms with Crippen LogP contribution in [-0.2, 0) is 9.53 Å². The lowest BCUT2D eigenvalue weighted by molar-refractivity contribution is -0.158. The van der Waals surface area contributed by atoms with Crippen LogP contribution in [0.1, 0.15) is 47.6 Å². The predicted octanol–water partition coefficient (Wildman–Crippen LogP) is 1.99. The van der Waals surface area contributed by atoms with Crippen molar-refractivity contribution in [2.24, 2.45) is 0 Å². The molecular weight excluding hydrogens is 270 g/mol. The summed E-state index contributed by atoms with van der Waals surface area (Å²) in [6.07, 6.45) is 1.61. The van der Waals surface area contributed by atoms with E-state index >= 15 is 0 Å². The Morgan fingerprint density at radius 3 is 2.38 bits per heavy atom. The third kappa shape index (κ3) is 4.58. The zero-order valence-electron chi connectivity index (χ0n) is 13.7. The van der Waals surface area contributed by atoms with Crippen molar-refractivity contribution >= 4 is 11.7 Å². The molecule has 0 aliphatic rings. The fourth-order valence-electron chi connectivity index (χ4n) is 1.95. The lowest BCUT2D eigenvalue weighted by atomic mass is 10.2. The van der Waals surface area contributed by atoms with E-state index < -0.39 is 17.6 Å². The summed E-state index contributed by atoms with van der Waals surface area (Å²) in [5, 5.41) is 4.11. The van der Waals surface area contributed by atoms with E-state index in [9.17, 15) is 9.59 Å². The van der Waals surface area contributed by atoms with Crippen molar-refractivity contribution in [1.82, 2.24) is 9.78 Å². The Bertz CT molecular complexity index is 542. The highest BCUT2D eigenvalue weighted by Crippen LogP contribution is 2.14. The van der Waals surface area contributed by atoms with E-state index in [4.69, 9.17) is 4.74 Å². The third-order valence-electron chi connectivity index (χ3n) is 3.05. The van der Waals surface area contributed by atoms with Gasteiger partial charge in [0.1, 0.15) is 5.60 Å². The van der Waals surface area contributed by atoms with E-state index in [1.807, 2.05) is 18.7 Å². The molecule has 1 heterocycles. The summed E-state index contributed by atoms with van der Waals surface area (Å²) in [5.74, 6) is -0.465. The van der Waals surface area contributed by atoms with Gasteiger partial charge in [0.05, 0.1) is 11.9 Å². The third-order valence-corrected chi connectivity index (χ3v) is 3.05. The van der Waals surface area contributed by atoms with Gasteiger partial charge in [-0.15, -0.1) is 0 Å². The molecule has 0 fully saturated rings. The van der Waals surface area contributed by atoms with Crippen molar-refractivity contribution in [3.8, 4) is 0 Å². The second-order valence-corrected chi connectivity index (χ2v) is 5.88. The topological polar surface area (TPSA) is 64.4 Å². The molecular formula is C15H25N3O3. The van der Waals surface area contributed by atoms with Crippen LogP contribution in [0.15, 0.2) is 17.1 Å². The van der Waals surface area contributed by atoms with Crippen LogP contribution in [0.3, 0.4) is 0 Å². The van der Waals surface area contributed by atoms with E-state index in [2.05, 4.69) is 5.10 Å². The molecule has 6 heteroatoms. The van der Waals surface area contributed by atoms with E-state index in [0.717, 1.165) is 23.5 Å². The fourth-order valence-corrected chi connectivity index (χ4v) is 1.95. The molecule has 118 valence electrons. The molecule has 0 aliphatic heterocycles.